The number of hydrogen-bond acceptors (Lipinski definition) is 2. The number of aromatic nitrogens is 2. The van der Waals surface area contributed by atoms with E-state index in [4.69, 9.17) is 17.3 Å². The molecule has 0 fully saturated rings. The third-order valence-corrected chi connectivity index (χ3v) is 3.35. The van der Waals surface area contributed by atoms with E-state index in [1.807, 2.05) is 36.1 Å². The van der Waals surface area contributed by atoms with Gasteiger partial charge in [0.1, 0.15) is 0 Å². The molecule has 0 unspecified atom stereocenters. The van der Waals surface area contributed by atoms with Crippen LogP contribution in [0.2, 0.25) is 5.02 Å². The SMILES string of the molecule is Cn1cc(-c2ccc(Cl)cc2CN)c(C(C)(C)C)n1. The fourth-order valence-electron chi connectivity index (χ4n) is 2.23. The van der Waals surface area contributed by atoms with Crippen LogP contribution in [0, 0.1) is 0 Å². The van der Waals surface area contributed by atoms with Gasteiger partial charge in [-0.2, -0.15) is 5.10 Å². The van der Waals surface area contributed by atoms with E-state index in [1.165, 1.54) is 0 Å². The zero-order valence-corrected chi connectivity index (χ0v) is 12.6. The summed E-state index contributed by atoms with van der Waals surface area (Å²) in [6.07, 6.45) is 2.04. The maximum Gasteiger partial charge on any atom is 0.0756 e. The van der Waals surface area contributed by atoms with Gasteiger partial charge in [-0.05, 0) is 23.3 Å². The third-order valence-electron chi connectivity index (χ3n) is 3.12. The molecule has 102 valence electrons. The molecule has 0 atom stereocenters. The van der Waals surface area contributed by atoms with E-state index >= 15 is 0 Å². The minimum absolute atomic E-state index is 0.0118. The van der Waals surface area contributed by atoms with Crippen LogP contribution in [0.3, 0.4) is 0 Å². The number of hydrogen-bond donors (Lipinski definition) is 1. The van der Waals surface area contributed by atoms with Gasteiger partial charge in [0.2, 0.25) is 0 Å². The zero-order valence-electron chi connectivity index (χ0n) is 11.9. The van der Waals surface area contributed by atoms with Crippen LogP contribution in [-0.2, 0) is 19.0 Å². The Morgan fingerprint density at radius 3 is 2.53 bits per heavy atom. The molecule has 2 N–H and O–H groups in total. The van der Waals surface area contributed by atoms with Crippen LogP contribution in [0.15, 0.2) is 24.4 Å². The van der Waals surface area contributed by atoms with Crippen LogP contribution in [-0.4, -0.2) is 9.78 Å². The Bertz CT molecular complexity index is 594. The molecule has 0 radical (unpaired) electrons. The summed E-state index contributed by atoms with van der Waals surface area (Å²) in [4.78, 5) is 0. The average Bonchev–Trinajstić information content (AvgIpc) is 2.70. The van der Waals surface area contributed by atoms with Gasteiger partial charge in [0.25, 0.3) is 0 Å². The van der Waals surface area contributed by atoms with Gasteiger partial charge in [-0.1, -0.05) is 38.4 Å². The smallest absolute Gasteiger partial charge is 0.0756 e. The van der Waals surface area contributed by atoms with Crippen LogP contribution in [0.1, 0.15) is 32.0 Å². The van der Waals surface area contributed by atoms with Crippen molar-refractivity contribution in [2.75, 3.05) is 0 Å². The van der Waals surface area contributed by atoms with Crippen LogP contribution in [0.5, 0.6) is 0 Å². The predicted molar refractivity (Wildman–Crippen MR) is 80.2 cm³/mol. The van der Waals surface area contributed by atoms with Gasteiger partial charge in [0.15, 0.2) is 0 Å². The molecule has 0 aliphatic carbocycles. The molecule has 2 aromatic rings. The van der Waals surface area contributed by atoms with Crippen molar-refractivity contribution in [3.05, 3.63) is 40.7 Å². The quantitative estimate of drug-likeness (QED) is 0.913. The Hall–Kier alpha value is -1.32. The zero-order chi connectivity index (χ0) is 14.2. The largest absolute Gasteiger partial charge is 0.326 e. The molecule has 0 amide bonds. The molecule has 2 rings (SSSR count). The van der Waals surface area contributed by atoms with Gasteiger partial charge in [0.05, 0.1) is 5.69 Å². The van der Waals surface area contributed by atoms with Crippen molar-refractivity contribution in [2.24, 2.45) is 12.8 Å². The van der Waals surface area contributed by atoms with E-state index in [1.54, 1.807) is 0 Å². The summed E-state index contributed by atoms with van der Waals surface area (Å²) in [7, 11) is 1.94. The van der Waals surface area contributed by atoms with Crippen LogP contribution < -0.4 is 5.73 Å². The number of benzene rings is 1. The number of nitrogens with zero attached hydrogens (tertiary/aromatic N) is 2. The number of aryl methyl sites for hydroxylation is 1. The Balaban J connectivity index is 2.65. The first-order valence-corrected chi connectivity index (χ1v) is 6.73. The second-order valence-electron chi connectivity index (χ2n) is 5.82. The fourth-order valence-corrected chi connectivity index (χ4v) is 2.43. The van der Waals surface area contributed by atoms with Crippen molar-refractivity contribution in [3.63, 3.8) is 0 Å². The van der Waals surface area contributed by atoms with Crippen LogP contribution >= 0.6 is 11.6 Å². The molecule has 4 heteroatoms. The second kappa shape index (κ2) is 4.99. The molecule has 0 saturated carbocycles. The summed E-state index contributed by atoms with van der Waals surface area (Å²) in [5, 5.41) is 5.31. The van der Waals surface area contributed by atoms with Gasteiger partial charge >= 0.3 is 0 Å². The first-order valence-electron chi connectivity index (χ1n) is 6.36. The normalized spacial score (nSPS) is 11.9. The molecule has 1 heterocycles. The highest BCUT2D eigenvalue weighted by Crippen LogP contribution is 2.34. The van der Waals surface area contributed by atoms with Crippen molar-refractivity contribution in [3.8, 4) is 11.1 Å². The van der Waals surface area contributed by atoms with Crippen molar-refractivity contribution in [2.45, 2.75) is 32.7 Å². The highest BCUT2D eigenvalue weighted by atomic mass is 35.5. The monoisotopic (exact) mass is 277 g/mol. The van der Waals surface area contributed by atoms with Crippen molar-refractivity contribution in [1.29, 1.82) is 0 Å². The minimum atomic E-state index is -0.0118. The maximum atomic E-state index is 6.04. The lowest BCUT2D eigenvalue weighted by molar-refractivity contribution is 0.554. The highest BCUT2D eigenvalue weighted by Gasteiger charge is 2.23. The lowest BCUT2D eigenvalue weighted by atomic mass is 9.86. The molecule has 0 bridgehead atoms. The Morgan fingerprint density at radius 2 is 1.95 bits per heavy atom. The summed E-state index contributed by atoms with van der Waals surface area (Å²) in [5.41, 5.74) is 10.2. The van der Waals surface area contributed by atoms with Crippen molar-refractivity contribution < 1.29 is 0 Å². The van der Waals surface area contributed by atoms with E-state index in [2.05, 4.69) is 25.9 Å². The van der Waals surface area contributed by atoms with E-state index in [9.17, 15) is 0 Å². The summed E-state index contributed by atoms with van der Waals surface area (Å²) < 4.78 is 1.85. The fraction of sp³-hybridized carbons (Fsp3) is 0.400. The lowest BCUT2D eigenvalue weighted by Gasteiger charge is -2.18. The molecule has 0 spiro atoms. The summed E-state index contributed by atoms with van der Waals surface area (Å²) >= 11 is 6.04. The molecule has 3 nitrogen and oxygen atoms in total. The highest BCUT2D eigenvalue weighted by molar-refractivity contribution is 6.30. The van der Waals surface area contributed by atoms with Crippen LogP contribution in [0.4, 0.5) is 0 Å². The van der Waals surface area contributed by atoms with Crippen molar-refractivity contribution in [1.82, 2.24) is 9.78 Å². The Labute approximate surface area is 119 Å². The first-order chi connectivity index (χ1) is 8.82. The summed E-state index contributed by atoms with van der Waals surface area (Å²) in [6.45, 7) is 6.96. The molecular formula is C15H20ClN3. The van der Waals surface area contributed by atoms with Gasteiger partial charge in [-0.15, -0.1) is 0 Å². The standard InChI is InChI=1S/C15H20ClN3/c1-15(2,3)14-13(9-19(4)18-14)12-6-5-11(16)7-10(12)8-17/h5-7,9H,8,17H2,1-4H3. The molecule has 1 aromatic heterocycles. The molecule has 19 heavy (non-hydrogen) atoms. The maximum absolute atomic E-state index is 6.04. The minimum Gasteiger partial charge on any atom is -0.326 e. The predicted octanol–water partition coefficient (Wildman–Crippen LogP) is 3.50. The molecule has 0 aliphatic rings. The van der Waals surface area contributed by atoms with Gasteiger partial charge in [-0.25, -0.2) is 0 Å². The molecule has 0 saturated heterocycles. The van der Waals surface area contributed by atoms with E-state index < -0.39 is 0 Å². The molecule has 0 aliphatic heterocycles. The first kappa shape index (κ1) is 14.1. The van der Waals surface area contributed by atoms with Gasteiger partial charge in [-0.3, -0.25) is 4.68 Å². The lowest BCUT2D eigenvalue weighted by Crippen LogP contribution is -2.14. The van der Waals surface area contributed by atoms with E-state index in [0.29, 0.717) is 11.6 Å². The summed E-state index contributed by atoms with van der Waals surface area (Å²) in [6, 6.07) is 5.85. The number of halogens is 1. The molecular weight excluding hydrogens is 258 g/mol. The third kappa shape index (κ3) is 2.82. The topological polar surface area (TPSA) is 43.8 Å². The Kier molecular flexibility index (Phi) is 3.70. The second-order valence-corrected chi connectivity index (χ2v) is 6.26. The van der Waals surface area contributed by atoms with Crippen LogP contribution in [0.25, 0.3) is 11.1 Å². The van der Waals surface area contributed by atoms with Gasteiger partial charge < -0.3 is 5.73 Å². The molecule has 1 aromatic carbocycles. The average molecular weight is 278 g/mol. The van der Waals surface area contributed by atoms with E-state index in [0.717, 1.165) is 22.4 Å². The number of nitrogens with two attached hydrogens (primary N) is 1. The summed E-state index contributed by atoms with van der Waals surface area (Å²) in [5.74, 6) is 0. The Morgan fingerprint density at radius 1 is 1.26 bits per heavy atom. The van der Waals surface area contributed by atoms with E-state index in [-0.39, 0.29) is 5.41 Å². The van der Waals surface area contributed by atoms with Crippen molar-refractivity contribution >= 4 is 11.6 Å². The number of rotatable bonds is 2. The van der Waals surface area contributed by atoms with Gasteiger partial charge in [0, 0.05) is 35.8 Å².